The molecule has 1 aromatic rings. The minimum Gasteiger partial charge on any atom is -0.294 e. The summed E-state index contributed by atoms with van der Waals surface area (Å²) < 4.78 is 0. The van der Waals surface area contributed by atoms with Gasteiger partial charge in [0.25, 0.3) is 0 Å². The Hall–Kier alpha value is -1.32. The molecule has 2 rings (SSSR count). The van der Waals surface area contributed by atoms with Crippen molar-refractivity contribution < 1.29 is 4.79 Å². The number of aldehydes is 1. The summed E-state index contributed by atoms with van der Waals surface area (Å²) in [5.74, 6) is 0.686. The van der Waals surface area contributed by atoms with E-state index in [-0.39, 0.29) is 5.82 Å². The van der Waals surface area contributed by atoms with Gasteiger partial charge in [-0.2, -0.15) is 5.10 Å². The maximum atomic E-state index is 10.5. The van der Waals surface area contributed by atoms with E-state index < -0.39 is 0 Å². The van der Waals surface area contributed by atoms with E-state index in [0.717, 1.165) is 18.5 Å². The van der Waals surface area contributed by atoms with Gasteiger partial charge in [-0.05, 0) is 12.8 Å². The molecular weight excluding hydrogens is 178 g/mol. The largest absolute Gasteiger partial charge is 0.294 e. The van der Waals surface area contributed by atoms with Crippen molar-refractivity contribution in [2.24, 2.45) is 0 Å². The van der Waals surface area contributed by atoms with Crippen LogP contribution in [-0.4, -0.2) is 21.5 Å². The third kappa shape index (κ3) is 1.95. The van der Waals surface area contributed by atoms with Crippen LogP contribution in [0.15, 0.2) is 6.20 Å². The number of carbonyl (C=O) groups excluding carboxylic acids is 1. The Bertz CT molecular complexity index is 321. The standard InChI is InChI=1S/C10H13N3O/c14-7-10-12-9(6-11-13-10)8-4-2-1-3-5-8/h6-8H,1-5H2. The molecule has 0 atom stereocenters. The van der Waals surface area contributed by atoms with Gasteiger partial charge in [-0.1, -0.05) is 19.3 Å². The lowest BCUT2D eigenvalue weighted by Gasteiger charge is -2.20. The van der Waals surface area contributed by atoms with Crippen molar-refractivity contribution in [3.05, 3.63) is 17.7 Å². The molecule has 74 valence electrons. The van der Waals surface area contributed by atoms with Crippen molar-refractivity contribution in [1.29, 1.82) is 0 Å². The summed E-state index contributed by atoms with van der Waals surface area (Å²) in [7, 11) is 0. The predicted octanol–water partition coefficient (Wildman–Crippen LogP) is 1.73. The Labute approximate surface area is 82.8 Å². The van der Waals surface area contributed by atoms with Gasteiger partial charge in [0, 0.05) is 5.92 Å². The van der Waals surface area contributed by atoms with E-state index in [0.29, 0.717) is 12.2 Å². The molecule has 1 aromatic heterocycles. The van der Waals surface area contributed by atoms with Crippen molar-refractivity contribution >= 4 is 6.29 Å². The second kappa shape index (κ2) is 4.26. The van der Waals surface area contributed by atoms with Crippen molar-refractivity contribution in [2.45, 2.75) is 38.0 Å². The molecule has 0 N–H and O–H groups in total. The average Bonchev–Trinajstić information content (AvgIpc) is 2.30. The first kappa shape index (κ1) is 9.24. The summed E-state index contributed by atoms with van der Waals surface area (Å²) in [5, 5.41) is 7.41. The van der Waals surface area contributed by atoms with Crippen LogP contribution in [0, 0.1) is 0 Å². The van der Waals surface area contributed by atoms with E-state index in [1.807, 2.05) is 0 Å². The molecule has 0 bridgehead atoms. The summed E-state index contributed by atoms with van der Waals surface area (Å²) >= 11 is 0. The van der Waals surface area contributed by atoms with Crippen LogP contribution in [0.25, 0.3) is 0 Å². The lowest BCUT2D eigenvalue weighted by Crippen LogP contribution is -2.09. The molecular formula is C10H13N3O. The van der Waals surface area contributed by atoms with Gasteiger partial charge < -0.3 is 0 Å². The first-order valence-electron chi connectivity index (χ1n) is 5.05. The molecule has 0 radical (unpaired) electrons. The zero-order valence-electron chi connectivity index (χ0n) is 8.02. The fourth-order valence-electron chi connectivity index (χ4n) is 1.98. The monoisotopic (exact) mass is 191 g/mol. The molecule has 1 aliphatic rings. The molecule has 0 amide bonds. The Kier molecular flexibility index (Phi) is 2.81. The third-order valence-electron chi connectivity index (χ3n) is 2.72. The maximum absolute atomic E-state index is 10.5. The van der Waals surface area contributed by atoms with Gasteiger partial charge in [0.1, 0.15) is 0 Å². The highest BCUT2D eigenvalue weighted by molar-refractivity contribution is 5.68. The van der Waals surface area contributed by atoms with Crippen LogP contribution in [0.5, 0.6) is 0 Å². The molecule has 0 aromatic carbocycles. The number of rotatable bonds is 2. The molecule has 4 heteroatoms. The highest BCUT2D eigenvalue weighted by Crippen LogP contribution is 2.30. The zero-order chi connectivity index (χ0) is 9.80. The summed E-state index contributed by atoms with van der Waals surface area (Å²) in [6.07, 6.45) is 8.49. The molecule has 1 fully saturated rings. The quantitative estimate of drug-likeness (QED) is 0.668. The smallest absolute Gasteiger partial charge is 0.214 e. The Morgan fingerprint density at radius 3 is 2.79 bits per heavy atom. The summed E-state index contributed by atoms with van der Waals surface area (Å²) in [6, 6.07) is 0. The Morgan fingerprint density at radius 2 is 2.07 bits per heavy atom. The number of hydrogen-bond acceptors (Lipinski definition) is 4. The van der Waals surface area contributed by atoms with Crippen LogP contribution in [0.4, 0.5) is 0 Å². The number of hydrogen-bond donors (Lipinski definition) is 0. The number of aromatic nitrogens is 3. The van der Waals surface area contributed by atoms with E-state index in [1.165, 1.54) is 19.3 Å². The highest BCUT2D eigenvalue weighted by atomic mass is 16.1. The number of nitrogens with zero attached hydrogens (tertiary/aromatic N) is 3. The van der Waals surface area contributed by atoms with E-state index in [4.69, 9.17) is 0 Å². The SMILES string of the molecule is O=Cc1nncc(C2CCCCC2)n1. The first-order chi connectivity index (χ1) is 6.90. The van der Waals surface area contributed by atoms with Crippen molar-refractivity contribution in [3.8, 4) is 0 Å². The Morgan fingerprint density at radius 1 is 1.29 bits per heavy atom. The van der Waals surface area contributed by atoms with Crippen LogP contribution in [0.1, 0.15) is 54.3 Å². The first-order valence-corrected chi connectivity index (χ1v) is 5.05. The van der Waals surface area contributed by atoms with Gasteiger partial charge in [0.15, 0.2) is 6.29 Å². The van der Waals surface area contributed by atoms with Crippen molar-refractivity contribution in [1.82, 2.24) is 15.2 Å². The summed E-state index contributed by atoms with van der Waals surface area (Å²) in [4.78, 5) is 14.6. The molecule has 1 heterocycles. The summed E-state index contributed by atoms with van der Waals surface area (Å²) in [6.45, 7) is 0. The highest BCUT2D eigenvalue weighted by Gasteiger charge is 2.17. The molecule has 4 nitrogen and oxygen atoms in total. The van der Waals surface area contributed by atoms with Crippen molar-refractivity contribution in [2.75, 3.05) is 0 Å². The van der Waals surface area contributed by atoms with Crippen LogP contribution >= 0.6 is 0 Å². The van der Waals surface area contributed by atoms with Gasteiger partial charge in [-0.25, -0.2) is 4.98 Å². The van der Waals surface area contributed by atoms with Crippen LogP contribution in [0.3, 0.4) is 0 Å². The second-order valence-electron chi connectivity index (χ2n) is 3.69. The van der Waals surface area contributed by atoms with E-state index in [9.17, 15) is 4.79 Å². The molecule has 1 aliphatic carbocycles. The molecule has 0 spiro atoms. The molecule has 0 saturated heterocycles. The van der Waals surface area contributed by atoms with E-state index in [1.54, 1.807) is 6.20 Å². The minimum atomic E-state index is 0.202. The van der Waals surface area contributed by atoms with Gasteiger partial charge in [0.2, 0.25) is 5.82 Å². The molecule has 0 unspecified atom stereocenters. The number of carbonyl (C=O) groups is 1. The lowest BCUT2D eigenvalue weighted by atomic mass is 9.87. The van der Waals surface area contributed by atoms with Crippen molar-refractivity contribution in [3.63, 3.8) is 0 Å². The zero-order valence-corrected chi connectivity index (χ0v) is 8.02. The van der Waals surface area contributed by atoms with Crippen LogP contribution < -0.4 is 0 Å². The molecule has 1 saturated carbocycles. The Balaban J connectivity index is 2.17. The fourth-order valence-corrected chi connectivity index (χ4v) is 1.98. The summed E-state index contributed by atoms with van der Waals surface area (Å²) in [5.41, 5.74) is 0.932. The van der Waals surface area contributed by atoms with Gasteiger partial charge in [-0.3, -0.25) is 4.79 Å². The fraction of sp³-hybridized carbons (Fsp3) is 0.600. The van der Waals surface area contributed by atoms with E-state index >= 15 is 0 Å². The van der Waals surface area contributed by atoms with E-state index in [2.05, 4.69) is 15.2 Å². The topological polar surface area (TPSA) is 55.7 Å². The molecule has 14 heavy (non-hydrogen) atoms. The lowest BCUT2D eigenvalue weighted by molar-refractivity contribution is 0.111. The van der Waals surface area contributed by atoms with Crippen LogP contribution in [0.2, 0.25) is 0 Å². The normalized spacial score (nSPS) is 18.0. The molecule has 0 aliphatic heterocycles. The predicted molar refractivity (Wildman–Crippen MR) is 51.0 cm³/mol. The maximum Gasteiger partial charge on any atom is 0.214 e. The van der Waals surface area contributed by atoms with Gasteiger partial charge in [0.05, 0.1) is 11.9 Å². The van der Waals surface area contributed by atoms with Crippen LogP contribution in [-0.2, 0) is 0 Å². The third-order valence-corrected chi connectivity index (χ3v) is 2.72. The van der Waals surface area contributed by atoms with Gasteiger partial charge in [-0.15, -0.1) is 5.10 Å². The second-order valence-corrected chi connectivity index (χ2v) is 3.69. The van der Waals surface area contributed by atoms with Gasteiger partial charge >= 0.3 is 0 Å². The minimum absolute atomic E-state index is 0.202. The average molecular weight is 191 g/mol.